The van der Waals surface area contributed by atoms with Crippen molar-refractivity contribution in [1.82, 2.24) is 4.98 Å². The van der Waals surface area contributed by atoms with Gasteiger partial charge in [-0.15, -0.1) is 0 Å². The number of anilines is 1. The van der Waals surface area contributed by atoms with E-state index in [-0.39, 0.29) is 28.8 Å². The van der Waals surface area contributed by atoms with E-state index in [1.54, 1.807) is 12.1 Å². The molecule has 3 rings (SSSR count). The van der Waals surface area contributed by atoms with Gasteiger partial charge in [0.05, 0.1) is 16.9 Å². The molecule has 1 aliphatic heterocycles. The third-order valence-corrected chi connectivity index (χ3v) is 5.37. The molecule has 6 nitrogen and oxygen atoms in total. The molecular formula is C18H15N2O4S-. The maximum Gasteiger partial charge on any atom is 0.247 e. The maximum atomic E-state index is 12.8. The average molecular weight is 355 g/mol. The number of carbonyl (C=O) groups is 3. The number of aromatic carboxylic acids is 1. The zero-order chi connectivity index (χ0) is 18.1. The van der Waals surface area contributed by atoms with Crippen LogP contribution in [0, 0.1) is 13.8 Å². The number of carboxylic acids is 1. The third-order valence-electron chi connectivity index (χ3n) is 4.17. The zero-order valence-corrected chi connectivity index (χ0v) is 14.5. The summed E-state index contributed by atoms with van der Waals surface area (Å²) >= 11 is 0.983. The Morgan fingerprint density at radius 1 is 1.24 bits per heavy atom. The summed E-state index contributed by atoms with van der Waals surface area (Å²) in [6.45, 7) is 3.77. The Hall–Kier alpha value is -2.67. The first-order valence-electron chi connectivity index (χ1n) is 7.66. The van der Waals surface area contributed by atoms with E-state index >= 15 is 0 Å². The second-order valence-corrected chi connectivity index (χ2v) is 6.93. The van der Waals surface area contributed by atoms with Crippen molar-refractivity contribution in [2.24, 2.45) is 0 Å². The molecule has 1 aliphatic rings. The monoisotopic (exact) mass is 355 g/mol. The summed E-state index contributed by atoms with van der Waals surface area (Å²) in [6.07, 6.45) is 1.44. The SMILES string of the molecule is Cc1cccc(N2C(=O)C[C@@H](Sc3ncccc3C(=O)[O-])C2=O)c1C. The number of imide groups is 1. The summed E-state index contributed by atoms with van der Waals surface area (Å²) < 4.78 is 0. The summed E-state index contributed by atoms with van der Waals surface area (Å²) in [5, 5.41) is 10.7. The number of pyridine rings is 1. The number of hydrogen-bond acceptors (Lipinski definition) is 6. The summed E-state index contributed by atoms with van der Waals surface area (Å²) in [7, 11) is 0. The predicted octanol–water partition coefficient (Wildman–Crippen LogP) is 1.49. The van der Waals surface area contributed by atoms with Gasteiger partial charge in [-0.1, -0.05) is 23.9 Å². The number of rotatable bonds is 4. The Kier molecular flexibility index (Phi) is 4.59. The molecule has 1 aromatic heterocycles. The zero-order valence-electron chi connectivity index (χ0n) is 13.7. The first-order valence-corrected chi connectivity index (χ1v) is 8.54. The minimum atomic E-state index is -1.36. The number of nitrogens with zero attached hydrogens (tertiary/aromatic N) is 2. The molecule has 0 spiro atoms. The highest BCUT2D eigenvalue weighted by Gasteiger charge is 2.41. The van der Waals surface area contributed by atoms with Crippen molar-refractivity contribution in [3.8, 4) is 0 Å². The Morgan fingerprint density at radius 2 is 2.00 bits per heavy atom. The van der Waals surface area contributed by atoms with E-state index in [9.17, 15) is 19.5 Å². The fraction of sp³-hybridized carbons (Fsp3) is 0.222. The van der Waals surface area contributed by atoms with E-state index in [1.807, 2.05) is 19.9 Å². The van der Waals surface area contributed by atoms with Gasteiger partial charge in [-0.25, -0.2) is 9.88 Å². The van der Waals surface area contributed by atoms with Gasteiger partial charge < -0.3 is 9.90 Å². The molecule has 0 bridgehead atoms. The predicted molar refractivity (Wildman–Crippen MR) is 91.2 cm³/mol. The van der Waals surface area contributed by atoms with Crippen LogP contribution in [0.5, 0.6) is 0 Å². The molecule has 0 aliphatic carbocycles. The lowest BCUT2D eigenvalue weighted by atomic mass is 10.1. The van der Waals surface area contributed by atoms with Crippen LogP contribution in [0.25, 0.3) is 0 Å². The van der Waals surface area contributed by atoms with Gasteiger partial charge in [0, 0.05) is 18.2 Å². The Bertz CT molecular complexity index is 881. The number of carbonyl (C=O) groups excluding carboxylic acids is 3. The van der Waals surface area contributed by atoms with Crippen LogP contribution in [-0.4, -0.2) is 28.0 Å². The molecule has 0 N–H and O–H groups in total. The summed E-state index contributed by atoms with van der Waals surface area (Å²) in [4.78, 5) is 41.5. The van der Waals surface area contributed by atoms with E-state index in [0.717, 1.165) is 22.9 Å². The van der Waals surface area contributed by atoms with Crippen LogP contribution >= 0.6 is 11.8 Å². The second-order valence-electron chi connectivity index (χ2n) is 5.74. The standard InChI is InChI=1S/C18H16N2O4S/c1-10-5-3-7-13(11(10)2)20-15(21)9-14(17(20)22)25-16-12(18(23)24)6-4-8-19-16/h3-8,14H,9H2,1-2H3,(H,23,24)/p-1/t14-/m1/s1. The molecular weight excluding hydrogens is 340 g/mol. The van der Waals surface area contributed by atoms with E-state index in [0.29, 0.717) is 5.69 Å². The van der Waals surface area contributed by atoms with E-state index in [4.69, 9.17) is 0 Å². The van der Waals surface area contributed by atoms with Crippen molar-refractivity contribution in [2.75, 3.05) is 4.90 Å². The van der Waals surface area contributed by atoms with Crippen LogP contribution in [0.3, 0.4) is 0 Å². The lowest BCUT2D eigenvalue weighted by Gasteiger charge is -2.18. The fourth-order valence-corrected chi connectivity index (χ4v) is 3.80. The lowest BCUT2D eigenvalue weighted by Crippen LogP contribution is -2.32. The molecule has 0 unspecified atom stereocenters. The lowest BCUT2D eigenvalue weighted by molar-refractivity contribution is -0.255. The Morgan fingerprint density at radius 3 is 2.72 bits per heavy atom. The van der Waals surface area contributed by atoms with Crippen molar-refractivity contribution in [1.29, 1.82) is 0 Å². The third kappa shape index (κ3) is 3.15. The second kappa shape index (κ2) is 6.68. The number of aryl methyl sites for hydroxylation is 1. The highest BCUT2D eigenvalue weighted by atomic mass is 32.2. The average Bonchev–Trinajstić information content (AvgIpc) is 2.85. The molecule has 25 heavy (non-hydrogen) atoms. The molecule has 0 saturated carbocycles. The molecule has 7 heteroatoms. The maximum absolute atomic E-state index is 12.8. The van der Waals surface area contributed by atoms with Crippen molar-refractivity contribution < 1.29 is 19.5 Å². The normalized spacial score (nSPS) is 17.2. The van der Waals surface area contributed by atoms with Gasteiger partial charge in [0.25, 0.3) is 0 Å². The fourth-order valence-electron chi connectivity index (χ4n) is 2.70. The van der Waals surface area contributed by atoms with Crippen LogP contribution in [0.4, 0.5) is 5.69 Å². The van der Waals surface area contributed by atoms with Gasteiger partial charge in [-0.2, -0.15) is 0 Å². The molecule has 1 fully saturated rings. The molecule has 1 atom stereocenters. The Labute approximate surface area is 148 Å². The van der Waals surface area contributed by atoms with E-state index in [2.05, 4.69) is 4.98 Å². The highest BCUT2D eigenvalue weighted by Crippen LogP contribution is 2.35. The van der Waals surface area contributed by atoms with Gasteiger partial charge in [0.2, 0.25) is 11.8 Å². The molecule has 1 aromatic carbocycles. The molecule has 2 aromatic rings. The van der Waals surface area contributed by atoms with E-state index in [1.165, 1.54) is 23.2 Å². The van der Waals surface area contributed by atoms with Gasteiger partial charge in [0.15, 0.2) is 0 Å². The van der Waals surface area contributed by atoms with Gasteiger partial charge >= 0.3 is 0 Å². The molecule has 2 amide bonds. The van der Waals surface area contributed by atoms with Crippen LogP contribution in [0.2, 0.25) is 0 Å². The summed E-state index contributed by atoms with van der Waals surface area (Å²) in [5.74, 6) is -2.03. The van der Waals surface area contributed by atoms with Gasteiger partial charge in [0.1, 0.15) is 5.03 Å². The smallest absolute Gasteiger partial charge is 0.247 e. The minimum absolute atomic E-state index is 0.0000557. The largest absolute Gasteiger partial charge is 0.545 e. The van der Waals surface area contributed by atoms with Crippen LogP contribution < -0.4 is 10.0 Å². The van der Waals surface area contributed by atoms with E-state index < -0.39 is 11.2 Å². The van der Waals surface area contributed by atoms with Crippen molar-refractivity contribution in [2.45, 2.75) is 30.5 Å². The van der Waals surface area contributed by atoms with Crippen LogP contribution in [-0.2, 0) is 9.59 Å². The number of hydrogen-bond donors (Lipinski definition) is 0. The number of carboxylic acid groups (broad SMARTS) is 1. The number of aromatic nitrogens is 1. The first kappa shape index (κ1) is 17.2. The molecule has 2 heterocycles. The van der Waals surface area contributed by atoms with Gasteiger partial charge in [-0.05, 0) is 43.2 Å². The quantitative estimate of drug-likeness (QED) is 0.772. The van der Waals surface area contributed by atoms with Crippen molar-refractivity contribution in [3.63, 3.8) is 0 Å². The number of thioether (sulfide) groups is 1. The van der Waals surface area contributed by atoms with Crippen molar-refractivity contribution in [3.05, 3.63) is 53.2 Å². The highest BCUT2D eigenvalue weighted by molar-refractivity contribution is 8.00. The number of benzene rings is 1. The summed E-state index contributed by atoms with van der Waals surface area (Å²) in [5.41, 5.74) is 2.33. The van der Waals surface area contributed by atoms with Crippen LogP contribution in [0.1, 0.15) is 27.9 Å². The molecule has 0 radical (unpaired) electrons. The van der Waals surface area contributed by atoms with Crippen molar-refractivity contribution >= 4 is 35.2 Å². The minimum Gasteiger partial charge on any atom is -0.545 e. The Balaban J connectivity index is 1.90. The van der Waals surface area contributed by atoms with Crippen LogP contribution in [0.15, 0.2) is 41.6 Å². The first-order chi connectivity index (χ1) is 11.9. The topological polar surface area (TPSA) is 90.4 Å². The summed E-state index contributed by atoms with van der Waals surface area (Å²) in [6, 6.07) is 8.30. The molecule has 128 valence electrons. The van der Waals surface area contributed by atoms with Gasteiger partial charge in [-0.3, -0.25) is 9.59 Å². The molecule has 1 saturated heterocycles. The number of amides is 2.